The zero-order valence-electron chi connectivity index (χ0n) is 14.3. The van der Waals surface area contributed by atoms with Gasteiger partial charge in [-0.25, -0.2) is 18.4 Å². The van der Waals surface area contributed by atoms with Gasteiger partial charge >= 0.3 is 5.97 Å². The van der Waals surface area contributed by atoms with Crippen LogP contribution in [0.15, 0.2) is 53.4 Å². The molecule has 7 nitrogen and oxygen atoms in total. The molecule has 0 saturated carbocycles. The third-order valence-corrected chi connectivity index (χ3v) is 5.46. The van der Waals surface area contributed by atoms with Crippen molar-refractivity contribution in [2.24, 2.45) is 0 Å². The summed E-state index contributed by atoms with van der Waals surface area (Å²) in [5.41, 5.74) is 1.92. The summed E-state index contributed by atoms with van der Waals surface area (Å²) < 4.78 is 32.2. The van der Waals surface area contributed by atoms with Crippen LogP contribution < -0.4 is 4.72 Å². The van der Waals surface area contributed by atoms with E-state index in [2.05, 4.69) is 19.4 Å². The third-order valence-electron chi connectivity index (χ3n) is 3.84. The van der Waals surface area contributed by atoms with Crippen molar-refractivity contribution < 1.29 is 17.9 Å². The Morgan fingerprint density at radius 2 is 1.70 bits per heavy atom. The Labute approximate surface area is 161 Å². The molecule has 1 heterocycles. The van der Waals surface area contributed by atoms with Crippen molar-refractivity contribution >= 4 is 44.4 Å². The molecule has 0 spiro atoms. The van der Waals surface area contributed by atoms with E-state index in [1.807, 2.05) is 0 Å². The van der Waals surface area contributed by atoms with Crippen LogP contribution in [0.2, 0.25) is 5.15 Å². The largest absolute Gasteiger partial charge is 0.469 e. The first-order valence-corrected chi connectivity index (χ1v) is 9.86. The second-order valence-electron chi connectivity index (χ2n) is 5.68. The number of rotatable bonds is 6. The lowest BCUT2D eigenvalue weighted by Crippen LogP contribution is -2.15. The van der Waals surface area contributed by atoms with Gasteiger partial charge in [0.05, 0.1) is 23.0 Å². The van der Waals surface area contributed by atoms with E-state index in [1.165, 1.54) is 19.2 Å². The SMILES string of the molecule is COC(=O)CCc1ccc(S(=O)(=O)Nc2nc3ccccc3nc2Cl)cc1. The highest BCUT2D eigenvalue weighted by atomic mass is 35.5. The van der Waals surface area contributed by atoms with Gasteiger partial charge in [0.2, 0.25) is 0 Å². The molecule has 0 unspecified atom stereocenters. The number of anilines is 1. The first kappa shape index (κ1) is 19.1. The number of sulfonamides is 1. The molecule has 0 aliphatic rings. The van der Waals surface area contributed by atoms with Crippen LogP contribution in [-0.4, -0.2) is 31.5 Å². The van der Waals surface area contributed by atoms with Crippen LogP contribution >= 0.6 is 11.6 Å². The minimum absolute atomic E-state index is 0.0352. The summed E-state index contributed by atoms with van der Waals surface area (Å²) in [4.78, 5) is 19.6. The van der Waals surface area contributed by atoms with Crippen LogP contribution in [0.1, 0.15) is 12.0 Å². The quantitative estimate of drug-likeness (QED) is 0.632. The molecule has 0 saturated heterocycles. The Bertz CT molecular complexity index is 1090. The molecule has 3 aromatic rings. The first-order chi connectivity index (χ1) is 12.9. The average Bonchev–Trinajstić information content (AvgIpc) is 2.66. The molecule has 0 aliphatic carbocycles. The molecule has 140 valence electrons. The van der Waals surface area contributed by atoms with Crippen LogP contribution in [0, 0.1) is 0 Å². The number of para-hydroxylation sites is 2. The summed E-state index contributed by atoms with van der Waals surface area (Å²) in [7, 11) is -2.56. The number of carbonyl (C=O) groups excluding carboxylic acids is 1. The van der Waals surface area contributed by atoms with Crippen molar-refractivity contribution in [1.29, 1.82) is 0 Å². The number of aryl methyl sites for hydroxylation is 1. The molecule has 0 fully saturated rings. The topological polar surface area (TPSA) is 98.2 Å². The van der Waals surface area contributed by atoms with E-state index in [0.29, 0.717) is 17.5 Å². The monoisotopic (exact) mass is 405 g/mol. The highest BCUT2D eigenvalue weighted by Gasteiger charge is 2.18. The summed E-state index contributed by atoms with van der Waals surface area (Å²) in [5.74, 6) is -0.358. The smallest absolute Gasteiger partial charge is 0.305 e. The van der Waals surface area contributed by atoms with Crippen LogP contribution in [0.3, 0.4) is 0 Å². The van der Waals surface area contributed by atoms with Gasteiger partial charge in [0.15, 0.2) is 11.0 Å². The highest BCUT2D eigenvalue weighted by molar-refractivity contribution is 7.92. The zero-order valence-corrected chi connectivity index (χ0v) is 15.9. The maximum atomic E-state index is 12.6. The highest BCUT2D eigenvalue weighted by Crippen LogP contribution is 2.24. The van der Waals surface area contributed by atoms with Gasteiger partial charge in [0.1, 0.15) is 0 Å². The fourth-order valence-corrected chi connectivity index (χ4v) is 3.66. The number of nitrogens with zero attached hydrogens (tertiary/aromatic N) is 2. The second kappa shape index (κ2) is 7.89. The number of carbonyl (C=O) groups is 1. The normalized spacial score (nSPS) is 11.3. The molecule has 27 heavy (non-hydrogen) atoms. The van der Waals surface area contributed by atoms with Crippen molar-refractivity contribution in [2.75, 3.05) is 11.8 Å². The molecule has 0 atom stereocenters. The number of halogens is 1. The molecular weight excluding hydrogens is 390 g/mol. The number of esters is 1. The van der Waals surface area contributed by atoms with E-state index in [9.17, 15) is 13.2 Å². The van der Waals surface area contributed by atoms with Crippen molar-refractivity contribution in [3.05, 3.63) is 59.2 Å². The summed E-state index contributed by atoms with van der Waals surface area (Å²) >= 11 is 6.06. The molecule has 1 aromatic heterocycles. The lowest BCUT2D eigenvalue weighted by molar-refractivity contribution is -0.140. The molecule has 1 N–H and O–H groups in total. The van der Waals surface area contributed by atoms with Crippen molar-refractivity contribution in [1.82, 2.24) is 9.97 Å². The van der Waals surface area contributed by atoms with Gasteiger partial charge < -0.3 is 4.74 Å². The van der Waals surface area contributed by atoms with Crippen LogP contribution in [0.4, 0.5) is 5.82 Å². The first-order valence-electron chi connectivity index (χ1n) is 8.00. The summed E-state index contributed by atoms with van der Waals surface area (Å²) in [5, 5.41) is -0.0352. The van der Waals surface area contributed by atoms with Crippen molar-refractivity contribution in [3.8, 4) is 0 Å². The Kier molecular flexibility index (Phi) is 5.57. The van der Waals surface area contributed by atoms with Gasteiger partial charge in [-0.05, 0) is 36.2 Å². The predicted molar refractivity (Wildman–Crippen MR) is 102 cm³/mol. The lowest BCUT2D eigenvalue weighted by atomic mass is 10.1. The molecular formula is C18H16ClN3O4S. The zero-order chi connectivity index (χ0) is 19.4. The molecule has 0 amide bonds. The average molecular weight is 406 g/mol. The molecule has 9 heteroatoms. The Morgan fingerprint density at radius 1 is 1.07 bits per heavy atom. The molecule has 0 radical (unpaired) electrons. The number of fused-ring (bicyclic) bond motifs is 1. The number of benzene rings is 2. The Morgan fingerprint density at radius 3 is 2.33 bits per heavy atom. The van der Waals surface area contributed by atoms with Gasteiger partial charge in [-0.15, -0.1) is 0 Å². The van der Waals surface area contributed by atoms with Crippen LogP contribution in [0.5, 0.6) is 0 Å². The number of nitrogens with one attached hydrogen (secondary N) is 1. The minimum atomic E-state index is -3.89. The molecule has 2 aromatic carbocycles. The molecule has 0 bridgehead atoms. The van der Waals surface area contributed by atoms with Crippen LogP contribution in [-0.2, 0) is 26.0 Å². The van der Waals surface area contributed by atoms with Gasteiger partial charge in [-0.3, -0.25) is 9.52 Å². The summed E-state index contributed by atoms with van der Waals surface area (Å²) in [6, 6.07) is 13.2. The van der Waals surface area contributed by atoms with Gasteiger partial charge in [0.25, 0.3) is 10.0 Å². The number of aromatic nitrogens is 2. The second-order valence-corrected chi connectivity index (χ2v) is 7.72. The van der Waals surface area contributed by atoms with E-state index in [4.69, 9.17) is 11.6 Å². The van der Waals surface area contributed by atoms with E-state index in [1.54, 1.807) is 36.4 Å². The Hall–Kier alpha value is -2.71. The van der Waals surface area contributed by atoms with E-state index in [0.717, 1.165) is 5.56 Å². The van der Waals surface area contributed by atoms with Crippen LogP contribution in [0.25, 0.3) is 11.0 Å². The standard InChI is InChI=1S/C18H16ClN3O4S/c1-26-16(23)11-8-12-6-9-13(10-7-12)27(24,25)22-18-17(19)20-14-4-2-3-5-15(14)21-18/h2-7,9-10H,8,11H2,1H3,(H,21,22). The van der Waals surface area contributed by atoms with Gasteiger partial charge in [0, 0.05) is 6.42 Å². The lowest BCUT2D eigenvalue weighted by Gasteiger charge is -2.10. The van der Waals surface area contributed by atoms with Crippen molar-refractivity contribution in [3.63, 3.8) is 0 Å². The molecule has 0 aliphatic heterocycles. The third kappa shape index (κ3) is 4.53. The Balaban J connectivity index is 1.80. The maximum absolute atomic E-state index is 12.6. The number of ether oxygens (including phenoxy) is 1. The van der Waals surface area contributed by atoms with E-state index < -0.39 is 10.0 Å². The number of hydrogen-bond acceptors (Lipinski definition) is 6. The number of hydrogen-bond donors (Lipinski definition) is 1. The van der Waals surface area contributed by atoms with Gasteiger partial charge in [-0.1, -0.05) is 35.9 Å². The molecule has 3 rings (SSSR count). The van der Waals surface area contributed by atoms with Gasteiger partial charge in [-0.2, -0.15) is 0 Å². The summed E-state index contributed by atoms with van der Waals surface area (Å²) in [6.45, 7) is 0. The summed E-state index contributed by atoms with van der Waals surface area (Å²) in [6.07, 6.45) is 0.686. The maximum Gasteiger partial charge on any atom is 0.305 e. The predicted octanol–water partition coefficient (Wildman–Crippen LogP) is 3.19. The van der Waals surface area contributed by atoms with E-state index >= 15 is 0 Å². The minimum Gasteiger partial charge on any atom is -0.469 e. The number of methoxy groups -OCH3 is 1. The van der Waals surface area contributed by atoms with Crippen molar-refractivity contribution in [2.45, 2.75) is 17.7 Å². The fourth-order valence-electron chi connectivity index (χ4n) is 2.41. The fraction of sp³-hybridized carbons (Fsp3) is 0.167. The van der Waals surface area contributed by atoms with E-state index in [-0.39, 0.29) is 28.3 Å².